The van der Waals surface area contributed by atoms with Gasteiger partial charge in [-0.15, -0.1) is 0 Å². The molecule has 0 saturated carbocycles. The molecule has 0 aliphatic heterocycles. The van der Waals surface area contributed by atoms with Gasteiger partial charge in [-0.25, -0.2) is 14.1 Å². The summed E-state index contributed by atoms with van der Waals surface area (Å²) >= 11 is 0. The van der Waals surface area contributed by atoms with Crippen LogP contribution in [0.15, 0.2) is 36.9 Å². The molecule has 0 radical (unpaired) electrons. The number of aliphatic hydroxyl groups is 1. The third kappa shape index (κ3) is 3.99. The van der Waals surface area contributed by atoms with Crippen LogP contribution in [0.3, 0.4) is 0 Å². The van der Waals surface area contributed by atoms with Crippen molar-refractivity contribution < 1.29 is 23.8 Å². The lowest BCUT2D eigenvalue weighted by Gasteiger charge is -2.47. The van der Waals surface area contributed by atoms with Gasteiger partial charge in [0, 0.05) is 0 Å². The fourth-order valence-electron chi connectivity index (χ4n) is 3.62. The van der Waals surface area contributed by atoms with E-state index in [1.807, 2.05) is 13.8 Å². The highest BCUT2D eigenvalue weighted by molar-refractivity contribution is 7.53. The van der Waals surface area contributed by atoms with E-state index in [1.54, 1.807) is 0 Å². The van der Waals surface area contributed by atoms with Gasteiger partial charge < -0.3 is 14.9 Å². The molecule has 0 aliphatic rings. The lowest BCUT2D eigenvalue weighted by Crippen LogP contribution is -2.53. The van der Waals surface area contributed by atoms with Crippen molar-refractivity contribution in [3.63, 3.8) is 0 Å². The van der Waals surface area contributed by atoms with Crippen LogP contribution in [-0.2, 0) is 15.4 Å². The molecule has 7 nitrogen and oxygen atoms in total. The van der Waals surface area contributed by atoms with E-state index < -0.39 is 24.3 Å². The van der Waals surface area contributed by atoms with Gasteiger partial charge in [0.2, 0.25) is 5.34 Å². The predicted molar refractivity (Wildman–Crippen MR) is 99.4 cm³/mol. The molecular formula is C18H27FN3O4P. The number of halogens is 1. The Balaban J connectivity index is 2.80. The summed E-state index contributed by atoms with van der Waals surface area (Å²) in [6.45, 7) is 3.92. The molecule has 150 valence electrons. The molecule has 2 aromatic rings. The van der Waals surface area contributed by atoms with Crippen LogP contribution in [0.25, 0.3) is 0 Å². The smallest absolute Gasteiger partial charge is 0.363 e. The number of rotatable bonds is 10. The van der Waals surface area contributed by atoms with Crippen molar-refractivity contribution >= 4 is 7.60 Å². The average Bonchev–Trinajstić information content (AvgIpc) is 3.16. The van der Waals surface area contributed by atoms with Crippen molar-refractivity contribution in [1.82, 2.24) is 14.8 Å². The number of nitrogens with zero attached hydrogens (tertiary/aromatic N) is 3. The minimum Gasteiger partial charge on any atom is -0.371 e. The number of unbranched alkanes of at least 4 members (excludes halogenated alkanes) is 2. The summed E-state index contributed by atoms with van der Waals surface area (Å²) in [5.41, 5.74) is -1.47. The SMILES string of the molecule is CCCCC(CCCC)(n1cncn1)C(O)(c1ccc(F)cc1)P(=O)(O)O. The van der Waals surface area contributed by atoms with Crippen molar-refractivity contribution in [2.24, 2.45) is 0 Å². The van der Waals surface area contributed by atoms with Gasteiger partial charge in [-0.1, -0.05) is 51.7 Å². The van der Waals surface area contributed by atoms with E-state index in [4.69, 9.17) is 0 Å². The number of hydrogen-bond acceptors (Lipinski definition) is 4. The third-order valence-electron chi connectivity index (χ3n) is 5.06. The fraction of sp³-hybridized carbons (Fsp3) is 0.556. The van der Waals surface area contributed by atoms with Crippen LogP contribution in [0.4, 0.5) is 4.39 Å². The molecule has 0 saturated heterocycles. The molecule has 27 heavy (non-hydrogen) atoms. The quantitative estimate of drug-likeness (QED) is 0.528. The standard InChI is InChI=1S/C18H27FN3O4P/c1-3-5-11-17(12-6-4-2,22-14-20-13-21-22)18(23,27(24,25)26)15-7-9-16(19)10-8-15/h7-10,13-14,23H,3-6,11-12H2,1-2H3,(H2,24,25,26). The van der Waals surface area contributed by atoms with Gasteiger partial charge in [-0.05, 0) is 30.5 Å². The first-order valence-corrected chi connectivity index (χ1v) is 10.7. The topological polar surface area (TPSA) is 108 Å². The van der Waals surface area contributed by atoms with Crippen LogP contribution in [-0.4, -0.2) is 29.7 Å². The Morgan fingerprint density at radius 2 is 1.67 bits per heavy atom. The van der Waals surface area contributed by atoms with Crippen LogP contribution in [0, 0.1) is 5.82 Å². The fourth-order valence-corrected chi connectivity index (χ4v) is 4.97. The average molecular weight is 399 g/mol. The van der Waals surface area contributed by atoms with E-state index in [0.717, 1.165) is 25.0 Å². The highest BCUT2D eigenvalue weighted by Crippen LogP contribution is 2.65. The lowest BCUT2D eigenvalue weighted by atomic mass is 9.78. The predicted octanol–water partition coefficient (Wildman–Crippen LogP) is 3.52. The molecule has 1 heterocycles. The minimum absolute atomic E-state index is 0.0417. The largest absolute Gasteiger partial charge is 0.371 e. The van der Waals surface area contributed by atoms with Crippen molar-refractivity contribution in [2.45, 2.75) is 63.3 Å². The Hall–Kier alpha value is -1.60. The zero-order valence-corrected chi connectivity index (χ0v) is 16.5. The van der Waals surface area contributed by atoms with E-state index in [9.17, 15) is 23.8 Å². The van der Waals surface area contributed by atoms with Gasteiger partial charge in [0.05, 0.1) is 0 Å². The highest BCUT2D eigenvalue weighted by atomic mass is 31.2. The van der Waals surface area contributed by atoms with Crippen molar-refractivity contribution in [3.8, 4) is 0 Å². The Bertz CT molecular complexity index is 755. The second kappa shape index (κ2) is 8.61. The second-order valence-electron chi connectivity index (χ2n) is 6.80. The van der Waals surface area contributed by atoms with E-state index in [0.29, 0.717) is 12.8 Å². The molecule has 9 heteroatoms. The molecule has 3 N–H and O–H groups in total. The monoisotopic (exact) mass is 399 g/mol. The van der Waals surface area contributed by atoms with E-state index in [-0.39, 0.29) is 18.4 Å². The maximum atomic E-state index is 13.4. The summed E-state index contributed by atoms with van der Waals surface area (Å²) in [6, 6.07) is 4.61. The first-order valence-electron chi connectivity index (χ1n) is 9.12. The van der Waals surface area contributed by atoms with Gasteiger partial charge in [-0.3, -0.25) is 4.57 Å². The van der Waals surface area contributed by atoms with E-state index >= 15 is 0 Å². The molecule has 1 aromatic carbocycles. The number of hydrogen-bond donors (Lipinski definition) is 3. The second-order valence-corrected chi connectivity index (χ2v) is 8.54. The Kier molecular flexibility index (Phi) is 6.92. The van der Waals surface area contributed by atoms with Crippen molar-refractivity contribution in [3.05, 3.63) is 48.3 Å². The van der Waals surface area contributed by atoms with Gasteiger partial charge >= 0.3 is 7.60 Å². The van der Waals surface area contributed by atoms with Gasteiger partial charge in [0.1, 0.15) is 24.0 Å². The molecule has 0 spiro atoms. The van der Waals surface area contributed by atoms with Gasteiger partial charge in [0.15, 0.2) is 0 Å². The van der Waals surface area contributed by atoms with Crippen molar-refractivity contribution in [2.75, 3.05) is 0 Å². The Morgan fingerprint density at radius 3 is 2.07 bits per heavy atom. The van der Waals surface area contributed by atoms with Crippen molar-refractivity contribution in [1.29, 1.82) is 0 Å². The van der Waals surface area contributed by atoms with Crippen LogP contribution in [0.5, 0.6) is 0 Å². The first kappa shape index (κ1) is 21.7. The summed E-state index contributed by atoms with van der Waals surface area (Å²) in [4.78, 5) is 24.5. The zero-order valence-electron chi connectivity index (χ0n) is 15.6. The summed E-state index contributed by atoms with van der Waals surface area (Å²) < 4.78 is 27.5. The van der Waals surface area contributed by atoms with E-state index in [2.05, 4.69) is 10.1 Å². The molecule has 0 bridgehead atoms. The maximum absolute atomic E-state index is 13.4. The van der Waals surface area contributed by atoms with Crippen LogP contribution in [0.1, 0.15) is 57.9 Å². The summed E-state index contributed by atoms with van der Waals surface area (Å²) in [6.07, 6.45) is 5.98. The van der Waals surface area contributed by atoms with Gasteiger partial charge in [0.25, 0.3) is 0 Å². The highest BCUT2D eigenvalue weighted by Gasteiger charge is 2.63. The molecule has 2 rings (SSSR count). The summed E-state index contributed by atoms with van der Waals surface area (Å²) in [7, 11) is -5.12. The molecular weight excluding hydrogens is 372 g/mol. The summed E-state index contributed by atoms with van der Waals surface area (Å²) in [5.74, 6) is -0.555. The van der Waals surface area contributed by atoms with Gasteiger partial charge in [-0.2, -0.15) is 5.10 Å². The number of aromatic nitrogens is 3. The van der Waals surface area contributed by atoms with Crippen LogP contribution in [0.2, 0.25) is 0 Å². The molecule has 0 amide bonds. The van der Waals surface area contributed by atoms with Crippen LogP contribution >= 0.6 is 7.60 Å². The summed E-state index contributed by atoms with van der Waals surface area (Å²) in [5, 5.41) is 13.2. The molecule has 1 unspecified atom stereocenters. The first-order chi connectivity index (χ1) is 12.7. The normalized spacial score (nSPS) is 14.9. The molecule has 0 fully saturated rings. The minimum atomic E-state index is -5.12. The molecule has 0 aliphatic carbocycles. The maximum Gasteiger partial charge on any atom is 0.363 e. The Morgan fingerprint density at radius 1 is 1.11 bits per heavy atom. The van der Waals surface area contributed by atoms with Crippen LogP contribution < -0.4 is 0 Å². The molecule has 1 atom stereocenters. The zero-order chi connectivity index (χ0) is 20.1. The lowest BCUT2D eigenvalue weighted by molar-refractivity contribution is -0.0514. The Labute approximate surface area is 158 Å². The third-order valence-corrected chi connectivity index (χ3v) is 6.58. The molecule has 1 aromatic heterocycles. The number of benzene rings is 1. The van der Waals surface area contributed by atoms with E-state index in [1.165, 1.54) is 29.5 Å².